The Bertz CT molecular complexity index is 344. The molecule has 0 unspecified atom stereocenters. The van der Waals surface area contributed by atoms with E-state index in [2.05, 4.69) is 23.9 Å². The molecule has 0 amide bonds. The lowest BCUT2D eigenvalue weighted by molar-refractivity contribution is -0.119. The maximum absolute atomic E-state index is 11.6. The van der Waals surface area contributed by atoms with Crippen molar-refractivity contribution in [1.82, 2.24) is 19.7 Å². The molecule has 5 heteroatoms. The molecule has 0 N–H and O–H groups in total. The van der Waals surface area contributed by atoms with Crippen LogP contribution in [0.5, 0.6) is 0 Å². The summed E-state index contributed by atoms with van der Waals surface area (Å²) in [5.74, 6) is 1.44. The Balaban J connectivity index is 2.59. The molecule has 1 aromatic rings. The average Bonchev–Trinajstić information content (AvgIpc) is 2.50. The van der Waals surface area contributed by atoms with E-state index >= 15 is 0 Å². The van der Waals surface area contributed by atoms with E-state index in [1.807, 2.05) is 23.7 Å². The molecule has 1 heterocycles. The van der Waals surface area contributed by atoms with E-state index in [1.165, 1.54) is 6.33 Å². The largest absolute Gasteiger partial charge is 0.302 e. The van der Waals surface area contributed by atoms with Gasteiger partial charge in [-0.05, 0) is 20.0 Å². The molecule has 5 nitrogen and oxygen atoms in total. The molecular formula is C11H20N4O. The fourth-order valence-corrected chi connectivity index (χ4v) is 1.51. The molecule has 0 aliphatic rings. The number of ketones is 1. The zero-order valence-electron chi connectivity index (χ0n) is 10.5. The zero-order valence-corrected chi connectivity index (χ0v) is 10.5. The summed E-state index contributed by atoms with van der Waals surface area (Å²) in [6.07, 6.45) is 1.88. The Kier molecular flexibility index (Phi) is 4.61. The van der Waals surface area contributed by atoms with Crippen molar-refractivity contribution in [2.45, 2.75) is 26.8 Å². The van der Waals surface area contributed by atoms with Crippen LogP contribution in [0.3, 0.4) is 0 Å². The second-order valence-electron chi connectivity index (χ2n) is 4.71. The first-order valence-electron chi connectivity index (χ1n) is 5.52. The molecule has 16 heavy (non-hydrogen) atoms. The molecule has 0 bridgehead atoms. The minimum absolute atomic E-state index is 0.169. The lowest BCUT2D eigenvalue weighted by Gasteiger charge is -2.10. The number of carbonyl (C=O) groups excluding carboxylic acids is 1. The highest BCUT2D eigenvalue weighted by atomic mass is 16.1. The molecule has 0 aliphatic carbocycles. The fraction of sp³-hybridized carbons (Fsp3) is 0.727. The number of carbonyl (C=O) groups is 1. The first-order valence-corrected chi connectivity index (χ1v) is 5.52. The SMILES string of the molecule is CC(C)Cn1ncnc1CC(=O)CN(C)C. The van der Waals surface area contributed by atoms with Crippen LogP contribution in [0, 0.1) is 5.92 Å². The maximum Gasteiger partial charge on any atom is 0.154 e. The van der Waals surface area contributed by atoms with E-state index in [0.717, 1.165) is 12.4 Å². The van der Waals surface area contributed by atoms with Gasteiger partial charge < -0.3 is 4.90 Å². The maximum atomic E-state index is 11.6. The Labute approximate surface area is 96.5 Å². The quantitative estimate of drug-likeness (QED) is 0.710. The Morgan fingerprint density at radius 1 is 1.50 bits per heavy atom. The van der Waals surface area contributed by atoms with Crippen LogP contribution in [0.1, 0.15) is 19.7 Å². The summed E-state index contributed by atoms with van der Waals surface area (Å²) in [4.78, 5) is 17.6. The average molecular weight is 224 g/mol. The summed E-state index contributed by atoms with van der Waals surface area (Å²) < 4.78 is 1.82. The third-order valence-electron chi connectivity index (χ3n) is 2.08. The smallest absolute Gasteiger partial charge is 0.154 e. The third-order valence-corrected chi connectivity index (χ3v) is 2.08. The molecule has 0 aromatic carbocycles. The van der Waals surface area contributed by atoms with Gasteiger partial charge in [-0.25, -0.2) is 9.67 Å². The summed E-state index contributed by atoms with van der Waals surface area (Å²) >= 11 is 0. The van der Waals surface area contributed by atoms with Crippen LogP contribution in [0.25, 0.3) is 0 Å². The van der Waals surface area contributed by atoms with Crippen molar-refractivity contribution in [3.05, 3.63) is 12.2 Å². The number of nitrogens with zero attached hydrogens (tertiary/aromatic N) is 4. The highest BCUT2D eigenvalue weighted by Gasteiger charge is 2.11. The van der Waals surface area contributed by atoms with Crippen molar-refractivity contribution < 1.29 is 4.79 Å². The van der Waals surface area contributed by atoms with Crippen LogP contribution in [-0.4, -0.2) is 46.1 Å². The molecule has 0 saturated carbocycles. The van der Waals surface area contributed by atoms with Crippen LogP contribution < -0.4 is 0 Å². The fourth-order valence-electron chi connectivity index (χ4n) is 1.51. The normalized spacial score (nSPS) is 11.4. The molecule has 0 saturated heterocycles. The highest BCUT2D eigenvalue weighted by molar-refractivity contribution is 5.82. The van der Waals surface area contributed by atoms with E-state index in [9.17, 15) is 4.79 Å². The van der Waals surface area contributed by atoms with E-state index in [1.54, 1.807) is 0 Å². The minimum Gasteiger partial charge on any atom is -0.302 e. The van der Waals surface area contributed by atoms with Gasteiger partial charge in [-0.3, -0.25) is 4.79 Å². The Hall–Kier alpha value is -1.23. The van der Waals surface area contributed by atoms with E-state index in [-0.39, 0.29) is 5.78 Å². The van der Waals surface area contributed by atoms with Crippen molar-refractivity contribution in [2.75, 3.05) is 20.6 Å². The van der Waals surface area contributed by atoms with Crippen LogP contribution >= 0.6 is 0 Å². The monoisotopic (exact) mass is 224 g/mol. The highest BCUT2D eigenvalue weighted by Crippen LogP contribution is 2.02. The number of rotatable bonds is 6. The molecule has 0 radical (unpaired) electrons. The molecule has 1 aromatic heterocycles. The van der Waals surface area contributed by atoms with Gasteiger partial charge in [0.15, 0.2) is 5.78 Å². The van der Waals surface area contributed by atoms with Crippen LogP contribution in [0.4, 0.5) is 0 Å². The van der Waals surface area contributed by atoms with Crippen LogP contribution in [0.2, 0.25) is 0 Å². The zero-order chi connectivity index (χ0) is 12.1. The summed E-state index contributed by atoms with van der Waals surface area (Å²) in [5.41, 5.74) is 0. The van der Waals surface area contributed by atoms with E-state index < -0.39 is 0 Å². The van der Waals surface area contributed by atoms with Gasteiger partial charge in [0.05, 0.1) is 13.0 Å². The number of Topliss-reactive ketones (excluding diaryl/α,β-unsaturated/α-hetero) is 1. The van der Waals surface area contributed by atoms with Gasteiger partial charge in [0.25, 0.3) is 0 Å². The van der Waals surface area contributed by atoms with Crippen LogP contribution in [0.15, 0.2) is 6.33 Å². The van der Waals surface area contributed by atoms with E-state index in [4.69, 9.17) is 0 Å². The third kappa shape index (κ3) is 4.10. The molecular weight excluding hydrogens is 204 g/mol. The molecule has 0 fully saturated rings. The lowest BCUT2D eigenvalue weighted by Crippen LogP contribution is -2.24. The van der Waals surface area contributed by atoms with Gasteiger partial charge in [-0.1, -0.05) is 13.8 Å². The standard InChI is InChI=1S/C11H20N4O/c1-9(2)6-15-11(12-8-13-15)5-10(16)7-14(3)4/h8-9H,5-7H2,1-4H3. The summed E-state index contributed by atoms with van der Waals surface area (Å²) in [6.45, 7) is 5.50. The summed E-state index contributed by atoms with van der Waals surface area (Å²) in [7, 11) is 3.77. The van der Waals surface area contributed by atoms with Gasteiger partial charge in [-0.15, -0.1) is 0 Å². The molecule has 0 spiro atoms. The molecule has 1 rings (SSSR count). The lowest BCUT2D eigenvalue weighted by atomic mass is 10.2. The van der Waals surface area contributed by atoms with Crippen molar-refractivity contribution in [1.29, 1.82) is 0 Å². The molecule has 90 valence electrons. The van der Waals surface area contributed by atoms with Gasteiger partial charge in [0.1, 0.15) is 12.2 Å². The topological polar surface area (TPSA) is 51.0 Å². The number of hydrogen-bond acceptors (Lipinski definition) is 4. The Morgan fingerprint density at radius 2 is 2.19 bits per heavy atom. The number of likely N-dealkylation sites (N-methyl/N-ethyl adjacent to an activating group) is 1. The first kappa shape index (κ1) is 12.8. The second kappa shape index (κ2) is 5.75. The predicted octanol–water partition coefficient (Wildman–Crippen LogP) is 0.607. The molecule has 0 atom stereocenters. The van der Waals surface area contributed by atoms with Crippen molar-refractivity contribution in [3.8, 4) is 0 Å². The number of hydrogen-bond donors (Lipinski definition) is 0. The van der Waals surface area contributed by atoms with Gasteiger partial charge in [0, 0.05) is 6.54 Å². The van der Waals surface area contributed by atoms with Gasteiger partial charge in [-0.2, -0.15) is 5.10 Å². The van der Waals surface area contributed by atoms with Crippen molar-refractivity contribution in [2.24, 2.45) is 5.92 Å². The first-order chi connectivity index (χ1) is 7.49. The van der Waals surface area contributed by atoms with Gasteiger partial charge >= 0.3 is 0 Å². The minimum atomic E-state index is 0.169. The second-order valence-corrected chi connectivity index (χ2v) is 4.71. The Morgan fingerprint density at radius 3 is 2.75 bits per heavy atom. The van der Waals surface area contributed by atoms with Gasteiger partial charge in [0.2, 0.25) is 0 Å². The van der Waals surface area contributed by atoms with E-state index in [0.29, 0.717) is 18.9 Å². The predicted molar refractivity (Wildman–Crippen MR) is 62.1 cm³/mol. The number of aromatic nitrogens is 3. The summed E-state index contributed by atoms with van der Waals surface area (Å²) in [6, 6.07) is 0. The molecule has 0 aliphatic heterocycles. The van der Waals surface area contributed by atoms with Crippen LogP contribution in [-0.2, 0) is 17.8 Å². The van der Waals surface area contributed by atoms with Crippen molar-refractivity contribution in [3.63, 3.8) is 0 Å². The summed E-state index contributed by atoms with van der Waals surface area (Å²) in [5, 5.41) is 4.13. The van der Waals surface area contributed by atoms with Crippen molar-refractivity contribution >= 4 is 5.78 Å².